The first-order chi connectivity index (χ1) is 12.9. The monoisotopic (exact) mass is 432 g/mol. The largest absolute Gasteiger partial charge is 0.351 e. The van der Waals surface area contributed by atoms with E-state index in [0.29, 0.717) is 37.2 Å². The Balaban J connectivity index is 0.00000280. The lowest BCUT2D eigenvalue weighted by Gasteiger charge is -2.29. The molecule has 0 aliphatic carbocycles. The molecule has 0 radical (unpaired) electrons. The summed E-state index contributed by atoms with van der Waals surface area (Å²) < 4.78 is 29.0. The second-order valence-electron chi connectivity index (χ2n) is 8.04. The molecule has 2 fully saturated rings. The summed E-state index contributed by atoms with van der Waals surface area (Å²) in [6, 6.07) is 1.51. The molecule has 1 aromatic heterocycles. The molecule has 3 rings (SSSR count). The van der Waals surface area contributed by atoms with Gasteiger partial charge in [0.05, 0.1) is 0 Å². The summed E-state index contributed by atoms with van der Waals surface area (Å²) in [5.74, 6) is 0.758. The van der Waals surface area contributed by atoms with Crippen LogP contribution >= 0.6 is 12.4 Å². The quantitative estimate of drug-likeness (QED) is 0.720. The number of piperidine rings is 2. The predicted octanol–water partition coefficient (Wildman–Crippen LogP) is 1.99. The smallest absolute Gasteiger partial charge is 0.267 e. The van der Waals surface area contributed by atoms with Gasteiger partial charge in [-0.3, -0.25) is 4.79 Å². The fraction of sp³-hybridized carbons (Fsp3) is 0.737. The molecule has 2 unspecified atom stereocenters. The average molecular weight is 433 g/mol. The summed E-state index contributed by atoms with van der Waals surface area (Å²) in [5.41, 5.74) is 0.389. The van der Waals surface area contributed by atoms with Gasteiger partial charge in [0, 0.05) is 32.9 Å². The number of sulfonamides is 1. The summed E-state index contributed by atoms with van der Waals surface area (Å²) in [4.78, 5) is 12.7. The van der Waals surface area contributed by atoms with Crippen LogP contribution in [0.25, 0.3) is 0 Å². The summed E-state index contributed by atoms with van der Waals surface area (Å²) in [6.45, 7) is 5.89. The van der Waals surface area contributed by atoms with E-state index in [0.717, 1.165) is 32.4 Å². The Morgan fingerprint density at radius 3 is 2.79 bits per heavy atom. The van der Waals surface area contributed by atoms with Crippen molar-refractivity contribution in [3.8, 4) is 0 Å². The number of amides is 1. The lowest BCUT2D eigenvalue weighted by molar-refractivity contribution is 0.0942. The van der Waals surface area contributed by atoms with Gasteiger partial charge in [-0.15, -0.1) is 12.4 Å². The summed E-state index contributed by atoms with van der Waals surface area (Å²) in [7, 11) is -1.82. The molecular weight excluding hydrogens is 400 g/mol. The van der Waals surface area contributed by atoms with Gasteiger partial charge < -0.3 is 15.2 Å². The van der Waals surface area contributed by atoms with Crippen LogP contribution in [0.1, 0.15) is 49.5 Å². The molecule has 2 aliphatic rings. The van der Waals surface area contributed by atoms with Crippen LogP contribution in [-0.2, 0) is 17.1 Å². The van der Waals surface area contributed by atoms with Crippen molar-refractivity contribution < 1.29 is 13.2 Å². The number of hydrogen-bond donors (Lipinski definition) is 2. The van der Waals surface area contributed by atoms with E-state index in [-0.39, 0.29) is 23.2 Å². The molecule has 0 bridgehead atoms. The van der Waals surface area contributed by atoms with Crippen molar-refractivity contribution in [3.63, 3.8) is 0 Å². The third kappa shape index (κ3) is 5.49. The Kier molecular flexibility index (Phi) is 8.36. The van der Waals surface area contributed by atoms with Gasteiger partial charge in [-0.05, 0) is 63.1 Å². The minimum absolute atomic E-state index is 0. The Bertz CT molecular complexity index is 759. The molecule has 3 heterocycles. The fourth-order valence-corrected chi connectivity index (χ4v) is 5.74. The minimum Gasteiger partial charge on any atom is -0.351 e. The molecule has 2 saturated heterocycles. The van der Waals surface area contributed by atoms with Gasteiger partial charge in [0.1, 0.15) is 10.6 Å². The van der Waals surface area contributed by atoms with E-state index in [2.05, 4.69) is 17.6 Å². The van der Waals surface area contributed by atoms with Gasteiger partial charge in [0.25, 0.3) is 5.91 Å². The van der Waals surface area contributed by atoms with Crippen LogP contribution in [0, 0.1) is 11.8 Å². The van der Waals surface area contributed by atoms with Crippen molar-refractivity contribution >= 4 is 28.3 Å². The van der Waals surface area contributed by atoms with E-state index in [9.17, 15) is 13.2 Å². The molecular formula is C19H33ClN4O3S. The summed E-state index contributed by atoms with van der Waals surface area (Å²) in [6.07, 6.45) is 6.83. The maximum Gasteiger partial charge on any atom is 0.267 e. The minimum atomic E-state index is -3.54. The first-order valence-corrected chi connectivity index (χ1v) is 11.5. The molecule has 9 heteroatoms. The number of rotatable bonds is 6. The lowest BCUT2D eigenvalue weighted by Crippen LogP contribution is -2.38. The number of aryl methyl sites for hydroxylation is 1. The van der Waals surface area contributed by atoms with Gasteiger partial charge in [-0.2, -0.15) is 4.31 Å². The molecule has 1 amide bonds. The summed E-state index contributed by atoms with van der Waals surface area (Å²) in [5, 5.41) is 6.32. The van der Waals surface area contributed by atoms with Crippen LogP contribution in [0.5, 0.6) is 0 Å². The predicted molar refractivity (Wildman–Crippen MR) is 112 cm³/mol. The van der Waals surface area contributed by atoms with Crippen LogP contribution in [0.2, 0.25) is 0 Å². The van der Waals surface area contributed by atoms with E-state index >= 15 is 0 Å². The van der Waals surface area contributed by atoms with Gasteiger partial charge >= 0.3 is 0 Å². The van der Waals surface area contributed by atoms with Crippen molar-refractivity contribution in [1.29, 1.82) is 0 Å². The second-order valence-corrected chi connectivity index (χ2v) is 9.98. The van der Waals surface area contributed by atoms with Gasteiger partial charge in [-0.25, -0.2) is 8.42 Å². The van der Waals surface area contributed by atoms with E-state index in [1.165, 1.54) is 18.9 Å². The number of carbonyl (C=O) groups is 1. The van der Waals surface area contributed by atoms with Crippen LogP contribution in [-0.4, -0.2) is 55.9 Å². The number of halogens is 1. The van der Waals surface area contributed by atoms with Gasteiger partial charge in [0.15, 0.2) is 0 Å². The number of carbonyl (C=O) groups excluding carboxylic acids is 1. The molecule has 28 heavy (non-hydrogen) atoms. The zero-order chi connectivity index (χ0) is 19.4. The molecule has 160 valence electrons. The van der Waals surface area contributed by atoms with Gasteiger partial charge in [-0.1, -0.05) is 6.92 Å². The standard InChI is InChI=1S/C19H32N4O3S.ClH/c1-15-5-4-10-23(13-15)27(25,26)17-11-18(22(2)14-17)19(24)21-9-7-16-6-3-8-20-12-16;/h11,14-16,20H,3-10,12-13H2,1-2H3,(H,21,24);1H. The molecule has 0 spiro atoms. The first kappa shape index (κ1) is 23.2. The molecule has 2 aliphatic heterocycles. The Morgan fingerprint density at radius 1 is 1.32 bits per heavy atom. The molecule has 0 aromatic carbocycles. The third-order valence-electron chi connectivity index (χ3n) is 5.71. The van der Waals surface area contributed by atoms with Crippen LogP contribution < -0.4 is 10.6 Å². The van der Waals surface area contributed by atoms with Crippen LogP contribution in [0.3, 0.4) is 0 Å². The fourth-order valence-electron chi connectivity index (χ4n) is 4.07. The third-order valence-corrected chi connectivity index (χ3v) is 7.54. The van der Waals surface area contributed by atoms with E-state index in [4.69, 9.17) is 0 Å². The van der Waals surface area contributed by atoms with Crippen LogP contribution in [0.15, 0.2) is 17.2 Å². The molecule has 2 N–H and O–H groups in total. The van der Waals surface area contributed by atoms with Crippen molar-refractivity contribution in [2.75, 3.05) is 32.7 Å². The zero-order valence-corrected chi connectivity index (χ0v) is 18.4. The maximum atomic E-state index is 12.9. The van der Waals surface area contributed by atoms with E-state index in [1.807, 2.05) is 0 Å². The van der Waals surface area contributed by atoms with Crippen molar-refractivity contribution in [3.05, 3.63) is 18.0 Å². The Morgan fingerprint density at radius 2 is 2.11 bits per heavy atom. The average Bonchev–Trinajstić information content (AvgIpc) is 3.05. The highest BCUT2D eigenvalue weighted by molar-refractivity contribution is 7.89. The first-order valence-electron chi connectivity index (χ1n) is 10.0. The normalized spacial score (nSPS) is 23.8. The number of aromatic nitrogens is 1. The SMILES string of the molecule is CC1CCCN(S(=O)(=O)c2cc(C(=O)NCCC3CCCNC3)n(C)c2)C1.Cl. The Labute approximate surface area is 174 Å². The molecule has 7 nitrogen and oxygen atoms in total. The van der Waals surface area contributed by atoms with E-state index < -0.39 is 10.0 Å². The number of hydrogen-bond acceptors (Lipinski definition) is 4. The summed E-state index contributed by atoms with van der Waals surface area (Å²) >= 11 is 0. The van der Waals surface area contributed by atoms with Crippen LogP contribution in [0.4, 0.5) is 0 Å². The van der Waals surface area contributed by atoms with Crippen molar-refractivity contribution in [2.24, 2.45) is 18.9 Å². The topological polar surface area (TPSA) is 83.4 Å². The molecule has 2 atom stereocenters. The molecule has 0 saturated carbocycles. The highest BCUT2D eigenvalue weighted by Crippen LogP contribution is 2.24. The highest BCUT2D eigenvalue weighted by atomic mass is 35.5. The van der Waals surface area contributed by atoms with Crippen molar-refractivity contribution in [2.45, 2.75) is 43.9 Å². The number of nitrogens with zero attached hydrogens (tertiary/aromatic N) is 2. The van der Waals surface area contributed by atoms with E-state index in [1.54, 1.807) is 22.1 Å². The van der Waals surface area contributed by atoms with Crippen molar-refractivity contribution in [1.82, 2.24) is 19.5 Å². The maximum absolute atomic E-state index is 12.9. The van der Waals surface area contributed by atoms with Gasteiger partial charge in [0.2, 0.25) is 10.0 Å². The zero-order valence-electron chi connectivity index (χ0n) is 16.8. The highest BCUT2D eigenvalue weighted by Gasteiger charge is 2.30. The number of nitrogens with one attached hydrogen (secondary N) is 2. The molecule has 1 aromatic rings. The second kappa shape index (κ2) is 10.1. The lowest BCUT2D eigenvalue weighted by atomic mass is 9.96. The Hall–Kier alpha value is -1.09.